The number of nitrogens with one attached hydrogen (secondary N) is 1. The van der Waals surface area contributed by atoms with E-state index in [1.54, 1.807) is 11.8 Å². The molecule has 2 rings (SSSR count). The van der Waals surface area contributed by atoms with Crippen LogP contribution in [0.3, 0.4) is 0 Å². The number of fused-ring (bicyclic) bond motifs is 1. The van der Waals surface area contributed by atoms with Crippen LogP contribution in [0.1, 0.15) is 6.92 Å². The average Bonchev–Trinajstić information content (AvgIpc) is 2.27. The Labute approximate surface area is 95.6 Å². The van der Waals surface area contributed by atoms with E-state index >= 15 is 0 Å². The second-order valence-electron chi connectivity index (χ2n) is 3.34. The summed E-state index contributed by atoms with van der Waals surface area (Å²) in [5, 5.41) is 2.92. The van der Waals surface area contributed by atoms with E-state index in [1.807, 2.05) is 25.1 Å². The Morgan fingerprint density at radius 1 is 1.57 bits per heavy atom. The first-order valence-corrected chi connectivity index (χ1v) is 6.18. The van der Waals surface area contributed by atoms with Crippen molar-refractivity contribution in [2.75, 3.05) is 11.1 Å². The maximum absolute atomic E-state index is 11.5. The highest BCUT2D eigenvalue weighted by molar-refractivity contribution is 9.10. The number of amides is 1. The zero-order chi connectivity index (χ0) is 10.1. The van der Waals surface area contributed by atoms with Gasteiger partial charge in [-0.15, -0.1) is 11.8 Å². The summed E-state index contributed by atoms with van der Waals surface area (Å²) in [4.78, 5) is 12.7. The fraction of sp³-hybridized carbons (Fsp3) is 0.300. The summed E-state index contributed by atoms with van der Waals surface area (Å²) in [5.41, 5.74) is 0.915. The van der Waals surface area contributed by atoms with Crippen LogP contribution in [-0.2, 0) is 4.79 Å². The lowest BCUT2D eigenvalue weighted by Crippen LogP contribution is -2.20. The van der Waals surface area contributed by atoms with Crippen LogP contribution >= 0.6 is 27.7 Å². The standard InChI is InChI=1S/C10H10BrNOS/c1-6-5-14-9-3-2-7(11)4-8(9)12-10(6)13/h2-4,6H,5H2,1H3,(H,12,13). The van der Waals surface area contributed by atoms with E-state index in [0.29, 0.717) is 0 Å². The molecule has 0 spiro atoms. The molecular formula is C10H10BrNOS. The molecule has 0 radical (unpaired) electrons. The van der Waals surface area contributed by atoms with Crippen LogP contribution in [0.4, 0.5) is 5.69 Å². The van der Waals surface area contributed by atoms with Gasteiger partial charge in [-0.1, -0.05) is 22.9 Å². The van der Waals surface area contributed by atoms with Crippen LogP contribution in [0.2, 0.25) is 0 Å². The SMILES string of the molecule is CC1CSc2ccc(Br)cc2NC1=O. The van der Waals surface area contributed by atoms with Gasteiger partial charge in [0.2, 0.25) is 5.91 Å². The third-order valence-corrected chi connectivity index (χ3v) is 3.96. The number of thioether (sulfide) groups is 1. The third-order valence-electron chi connectivity index (χ3n) is 2.14. The summed E-state index contributed by atoms with van der Waals surface area (Å²) < 4.78 is 0.992. The molecule has 0 aliphatic carbocycles. The minimum Gasteiger partial charge on any atom is -0.325 e. The number of hydrogen-bond donors (Lipinski definition) is 1. The zero-order valence-electron chi connectivity index (χ0n) is 7.71. The molecule has 1 heterocycles. The van der Waals surface area contributed by atoms with E-state index in [9.17, 15) is 4.79 Å². The maximum Gasteiger partial charge on any atom is 0.228 e. The molecule has 74 valence electrons. The first-order valence-electron chi connectivity index (χ1n) is 4.40. The number of carbonyl (C=O) groups excluding carboxylic acids is 1. The van der Waals surface area contributed by atoms with E-state index in [-0.39, 0.29) is 11.8 Å². The normalized spacial score (nSPS) is 21.0. The summed E-state index contributed by atoms with van der Waals surface area (Å²) in [7, 11) is 0. The van der Waals surface area contributed by atoms with Crippen molar-refractivity contribution in [3.05, 3.63) is 22.7 Å². The molecule has 0 bridgehead atoms. The van der Waals surface area contributed by atoms with Crippen LogP contribution < -0.4 is 5.32 Å². The van der Waals surface area contributed by atoms with Crippen LogP contribution in [0.15, 0.2) is 27.6 Å². The van der Waals surface area contributed by atoms with Gasteiger partial charge in [0.25, 0.3) is 0 Å². The Balaban J connectivity index is 2.38. The van der Waals surface area contributed by atoms with Gasteiger partial charge in [-0.3, -0.25) is 4.79 Å². The Morgan fingerprint density at radius 2 is 2.36 bits per heavy atom. The minimum absolute atomic E-state index is 0.0752. The first-order chi connectivity index (χ1) is 6.66. The molecule has 14 heavy (non-hydrogen) atoms. The molecule has 1 amide bonds. The third kappa shape index (κ3) is 1.96. The monoisotopic (exact) mass is 271 g/mol. The summed E-state index contributed by atoms with van der Waals surface area (Å²) in [5.74, 6) is 1.03. The van der Waals surface area contributed by atoms with Gasteiger partial charge < -0.3 is 5.32 Å². The summed E-state index contributed by atoms with van der Waals surface area (Å²) >= 11 is 5.12. The van der Waals surface area contributed by atoms with Crippen LogP contribution in [-0.4, -0.2) is 11.7 Å². The van der Waals surface area contributed by atoms with Crippen LogP contribution in [0.25, 0.3) is 0 Å². The van der Waals surface area contributed by atoms with Crippen molar-refractivity contribution in [3.63, 3.8) is 0 Å². The number of rotatable bonds is 0. The first kappa shape index (κ1) is 10.1. The molecule has 1 atom stereocenters. The zero-order valence-corrected chi connectivity index (χ0v) is 10.1. The van der Waals surface area contributed by atoms with Gasteiger partial charge in [0.05, 0.1) is 5.69 Å². The van der Waals surface area contributed by atoms with Gasteiger partial charge in [-0.05, 0) is 18.2 Å². The van der Waals surface area contributed by atoms with Gasteiger partial charge in [0.15, 0.2) is 0 Å². The minimum atomic E-state index is 0.0752. The Bertz CT molecular complexity index is 380. The van der Waals surface area contributed by atoms with Crippen molar-refractivity contribution < 1.29 is 4.79 Å². The predicted molar refractivity (Wildman–Crippen MR) is 62.7 cm³/mol. The van der Waals surface area contributed by atoms with Crippen molar-refractivity contribution in [3.8, 4) is 0 Å². The highest BCUT2D eigenvalue weighted by Crippen LogP contribution is 2.34. The summed E-state index contributed by atoms with van der Waals surface area (Å²) in [6, 6.07) is 5.97. The fourth-order valence-electron chi connectivity index (χ4n) is 1.27. The second kappa shape index (κ2) is 3.95. The molecule has 0 fully saturated rings. The van der Waals surface area contributed by atoms with Crippen molar-refractivity contribution in [1.29, 1.82) is 0 Å². The molecule has 2 nitrogen and oxygen atoms in total. The lowest BCUT2D eigenvalue weighted by atomic mass is 10.2. The molecule has 1 N–H and O–H groups in total. The lowest BCUT2D eigenvalue weighted by Gasteiger charge is -2.06. The number of halogens is 1. The number of anilines is 1. The molecule has 0 saturated heterocycles. The maximum atomic E-state index is 11.5. The molecule has 1 aliphatic rings. The Hall–Kier alpha value is -0.480. The molecule has 0 saturated carbocycles. The van der Waals surface area contributed by atoms with Crippen LogP contribution in [0.5, 0.6) is 0 Å². The molecule has 1 aliphatic heterocycles. The highest BCUT2D eigenvalue weighted by atomic mass is 79.9. The van der Waals surface area contributed by atoms with Gasteiger partial charge in [-0.25, -0.2) is 0 Å². The van der Waals surface area contributed by atoms with Gasteiger partial charge in [0.1, 0.15) is 0 Å². The van der Waals surface area contributed by atoms with Crippen molar-refractivity contribution in [1.82, 2.24) is 0 Å². The van der Waals surface area contributed by atoms with E-state index < -0.39 is 0 Å². The summed E-state index contributed by atoms with van der Waals surface area (Å²) in [6.07, 6.45) is 0. The van der Waals surface area contributed by atoms with E-state index in [4.69, 9.17) is 0 Å². The molecule has 4 heteroatoms. The molecule has 1 unspecified atom stereocenters. The van der Waals surface area contributed by atoms with Gasteiger partial charge in [-0.2, -0.15) is 0 Å². The summed E-state index contributed by atoms with van der Waals surface area (Å²) in [6.45, 7) is 1.95. The predicted octanol–water partition coefficient (Wildman–Crippen LogP) is 3.13. The van der Waals surface area contributed by atoms with Crippen molar-refractivity contribution in [2.24, 2.45) is 5.92 Å². The van der Waals surface area contributed by atoms with Gasteiger partial charge in [0, 0.05) is 21.0 Å². The number of benzene rings is 1. The molecule has 1 aromatic carbocycles. The number of carbonyl (C=O) groups is 1. The Morgan fingerprint density at radius 3 is 3.14 bits per heavy atom. The molecule has 1 aromatic rings. The van der Waals surface area contributed by atoms with E-state index in [0.717, 1.165) is 20.8 Å². The number of hydrogen-bond acceptors (Lipinski definition) is 2. The largest absolute Gasteiger partial charge is 0.325 e. The quantitative estimate of drug-likeness (QED) is 0.786. The fourth-order valence-corrected chi connectivity index (χ4v) is 2.64. The molecule has 0 aromatic heterocycles. The smallest absolute Gasteiger partial charge is 0.228 e. The second-order valence-corrected chi connectivity index (χ2v) is 5.32. The van der Waals surface area contributed by atoms with Crippen molar-refractivity contribution >= 4 is 39.3 Å². The highest BCUT2D eigenvalue weighted by Gasteiger charge is 2.19. The van der Waals surface area contributed by atoms with Gasteiger partial charge >= 0.3 is 0 Å². The van der Waals surface area contributed by atoms with E-state index in [2.05, 4.69) is 21.2 Å². The van der Waals surface area contributed by atoms with Crippen molar-refractivity contribution in [2.45, 2.75) is 11.8 Å². The lowest BCUT2D eigenvalue weighted by molar-refractivity contribution is -0.118. The van der Waals surface area contributed by atoms with E-state index in [1.165, 1.54) is 0 Å². The van der Waals surface area contributed by atoms with Crippen LogP contribution in [0, 0.1) is 5.92 Å². The Kier molecular flexibility index (Phi) is 2.83. The topological polar surface area (TPSA) is 29.1 Å². The average molecular weight is 272 g/mol. The molecular weight excluding hydrogens is 262 g/mol.